The molecule has 0 aromatic heterocycles. The molecule has 0 radical (unpaired) electrons. The number of benzene rings is 1. The SMILES string of the molecule is CC(=O)c1ccc(OC(C)C(=O)NC2CCCC2)cc1F. The second kappa shape index (κ2) is 6.70. The second-order valence-electron chi connectivity index (χ2n) is 5.45. The molecule has 4 nitrogen and oxygen atoms in total. The van der Waals surface area contributed by atoms with Crippen LogP contribution in [0.25, 0.3) is 0 Å². The molecule has 1 aromatic rings. The number of hydrogen-bond donors (Lipinski definition) is 1. The lowest BCUT2D eigenvalue weighted by Crippen LogP contribution is -2.41. The molecule has 1 saturated carbocycles. The van der Waals surface area contributed by atoms with Gasteiger partial charge >= 0.3 is 0 Å². The fourth-order valence-electron chi connectivity index (χ4n) is 2.50. The molecular weight excluding hydrogens is 273 g/mol. The predicted octanol–water partition coefficient (Wildman–Crippen LogP) is 2.85. The van der Waals surface area contributed by atoms with Crippen LogP contribution >= 0.6 is 0 Å². The molecule has 1 aliphatic carbocycles. The third-order valence-electron chi connectivity index (χ3n) is 3.70. The molecular formula is C16H20FNO3. The Bertz CT molecular complexity index is 538. The number of hydrogen-bond acceptors (Lipinski definition) is 3. The summed E-state index contributed by atoms with van der Waals surface area (Å²) in [6.45, 7) is 2.93. The summed E-state index contributed by atoms with van der Waals surface area (Å²) in [6.07, 6.45) is 3.57. The Morgan fingerprint density at radius 1 is 1.33 bits per heavy atom. The molecule has 114 valence electrons. The average Bonchev–Trinajstić information content (AvgIpc) is 2.91. The first kappa shape index (κ1) is 15.5. The van der Waals surface area contributed by atoms with Crippen LogP contribution in [0.2, 0.25) is 0 Å². The van der Waals surface area contributed by atoms with Gasteiger partial charge in [-0.1, -0.05) is 12.8 Å². The summed E-state index contributed by atoms with van der Waals surface area (Å²) in [4.78, 5) is 23.1. The van der Waals surface area contributed by atoms with Crippen LogP contribution in [-0.4, -0.2) is 23.8 Å². The normalized spacial score (nSPS) is 16.5. The van der Waals surface area contributed by atoms with Gasteiger partial charge in [0, 0.05) is 12.1 Å². The number of amides is 1. The lowest BCUT2D eigenvalue weighted by atomic mass is 10.1. The highest BCUT2D eigenvalue weighted by Gasteiger charge is 2.22. The van der Waals surface area contributed by atoms with Crippen LogP contribution in [0.3, 0.4) is 0 Å². The zero-order valence-electron chi connectivity index (χ0n) is 12.3. The van der Waals surface area contributed by atoms with E-state index in [0.29, 0.717) is 0 Å². The van der Waals surface area contributed by atoms with Crippen molar-refractivity contribution in [2.75, 3.05) is 0 Å². The van der Waals surface area contributed by atoms with Crippen LogP contribution < -0.4 is 10.1 Å². The summed E-state index contributed by atoms with van der Waals surface area (Å²) in [6, 6.07) is 4.23. The van der Waals surface area contributed by atoms with Gasteiger partial charge in [-0.05, 0) is 38.8 Å². The maximum atomic E-state index is 13.7. The van der Waals surface area contributed by atoms with Gasteiger partial charge in [0.2, 0.25) is 0 Å². The number of Topliss-reactive ketones (excluding diaryl/α,β-unsaturated/α-hetero) is 1. The van der Waals surface area contributed by atoms with E-state index in [2.05, 4.69) is 5.32 Å². The van der Waals surface area contributed by atoms with Gasteiger partial charge in [-0.25, -0.2) is 4.39 Å². The molecule has 1 aromatic carbocycles. The van der Waals surface area contributed by atoms with Crippen LogP contribution in [-0.2, 0) is 4.79 Å². The summed E-state index contributed by atoms with van der Waals surface area (Å²) < 4.78 is 19.1. The second-order valence-corrected chi connectivity index (χ2v) is 5.45. The zero-order valence-corrected chi connectivity index (χ0v) is 12.3. The van der Waals surface area contributed by atoms with Crippen molar-refractivity contribution in [2.45, 2.75) is 51.7 Å². The van der Waals surface area contributed by atoms with Gasteiger partial charge in [-0.15, -0.1) is 0 Å². The van der Waals surface area contributed by atoms with Crippen molar-refractivity contribution in [2.24, 2.45) is 0 Å². The molecule has 0 aliphatic heterocycles. The quantitative estimate of drug-likeness (QED) is 0.849. The molecule has 5 heteroatoms. The predicted molar refractivity (Wildman–Crippen MR) is 76.9 cm³/mol. The number of carbonyl (C=O) groups excluding carboxylic acids is 2. The molecule has 21 heavy (non-hydrogen) atoms. The molecule has 0 heterocycles. The summed E-state index contributed by atoms with van der Waals surface area (Å²) in [7, 11) is 0. The van der Waals surface area contributed by atoms with E-state index < -0.39 is 11.9 Å². The highest BCUT2D eigenvalue weighted by Crippen LogP contribution is 2.20. The molecule has 2 rings (SSSR count). The van der Waals surface area contributed by atoms with Gasteiger partial charge in [0.25, 0.3) is 5.91 Å². The van der Waals surface area contributed by atoms with Crippen molar-refractivity contribution in [3.8, 4) is 5.75 Å². The Morgan fingerprint density at radius 2 is 2.00 bits per heavy atom. The zero-order chi connectivity index (χ0) is 15.4. The van der Waals surface area contributed by atoms with Gasteiger partial charge in [-0.3, -0.25) is 9.59 Å². The lowest BCUT2D eigenvalue weighted by molar-refractivity contribution is -0.127. The van der Waals surface area contributed by atoms with Crippen molar-refractivity contribution in [1.29, 1.82) is 0 Å². The van der Waals surface area contributed by atoms with Crippen molar-refractivity contribution >= 4 is 11.7 Å². The average molecular weight is 293 g/mol. The molecule has 1 atom stereocenters. The summed E-state index contributed by atoms with van der Waals surface area (Å²) in [5, 5.41) is 2.93. The highest BCUT2D eigenvalue weighted by molar-refractivity contribution is 5.94. The van der Waals surface area contributed by atoms with Crippen LogP contribution in [0, 0.1) is 5.82 Å². The maximum absolute atomic E-state index is 13.7. The molecule has 1 aliphatic rings. The highest BCUT2D eigenvalue weighted by atomic mass is 19.1. The van der Waals surface area contributed by atoms with Crippen LogP contribution in [0.1, 0.15) is 49.9 Å². The van der Waals surface area contributed by atoms with Crippen LogP contribution in [0.15, 0.2) is 18.2 Å². The standard InChI is InChI=1S/C16H20FNO3/c1-10(19)14-8-7-13(9-15(14)17)21-11(2)16(20)18-12-5-3-4-6-12/h7-9,11-12H,3-6H2,1-2H3,(H,18,20). The summed E-state index contributed by atoms with van der Waals surface area (Å²) >= 11 is 0. The van der Waals surface area contributed by atoms with Crippen LogP contribution in [0.4, 0.5) is 4.39 Å². The molecule has 1 fully saturated rings. The largest absolute Gasteiger partial charge is 0.481 e. The number of halogens is 1. The van der Waals surface area contributed by atoms with Gasteiger partial charge < -0.3 is 10.1 Å². The molecule has 1 amide bonds. The number of nitrogens with one attached hydrogen (secondary N) is 1. The molecule has 1 N–H and O–H groups in total. The number of carbonyl (C=O) groups is 2. The summed E-state index contributed by atoms with van der Waals surface area (Å²) in [5.74, 6) is -0.931. The fourth-order valence-corrected chi connectivity index (χ4v) is 2.50. The minimum atomic E-state index is -0.701. The molecule has 0 bridgehead atoms. The summed E-state index contributed by atoms with van der Waals surface area (Å²) in [5.41, 5.74) is 0.0189. The van der Waals surface area contributed by atoms with Crippen molar-refractivity contribution < 1.29 is 18.7 Å². The van der Waals surface area contributed by atoms with E-state index >= 15 is 0 Å². The minimum Gasteiger partial charge on any atom is -0.481 e. The Labute approximate surface area is 123 Å². The molecule has 0 saturated heterocycles. The Morgan fingerprint density at radius 3 is 2.57 bits per heavy atom. The topological polar surface area (TPSA) is 55.4 Å². The Hall–Kier alpha value is -1.91. The van der Waals surface area contributed by atoms with Gasteiger partial charge in [0.1, 0.15) is 11.6 Å². The number of rotatable bonds is 5. The first-order valence-electron chi connectivity index (χ1n) is 7.25. The van der Waals surface area contributed by atoms with E-state index in [1.807, 2.05) is 0 Å². The Balaban J connectivity index is 1.95. The molecule has 1 unspecified atom stereocenters. The third-order valence-corrected chi connectivity index (χ3v) is 3.70. The van der Waals surface area contributed by atoms with Crippen molar-refractivity contribution in [3.63, 3.8) is 0 Å². The van der Waals surface area contributed by atoms with E-state index in [9.17, 15) is 14.0 Å². The first-order chi connectivity index (χ1) is 9.97. The first-order valence-corrected chi connectivity index (χ1v) is 7.25. The van der Waals surface area contributed by atoms with E-state index in [4.69, 9.17) is 4.74 Å². The van der Waals surface area contributed by atoms with E-state index in [1.165, 1.54) is 19.1 Å². The van der Waals surface area contributed by atoms with Crippen LogP contribution in [0.5, 0.6) is 5.75 Å². The minimum absolute atomic E-state index is 0.0189. The maximum Gasteiger partial charge on any atom is 0.260 e. The number of ketones is 1. The van der Waals surface area contributed by atoms with E-state index in [1.54, 1.807) is 6.92 Å². The fraction of sp³-hybridized carbons (Fsp3) is 0.500. The lowest BCUT2D eigenvalue weighted by Gasteiger charge is -2.18. The van der Waals surface area contributed by atoms with Gasteiger partial charge in [0.05, 0.1) is 5.56 Å². The van der Waals surface area contributed by atoms with Crippen molar-refractivity contribution in [3.05, 3.63) is 29.6 Å². The molecule has 0 spiro atoms. The third kappa shape index (κ3) is 4.03. The van der Waals surface area contributed by atoms with E-state index in [0.717, 1.165) is 31.7 Å². The van der Waals surface area contributed by atoms with Crippen molar-refractivity contribution in [1.82, 2.24) is 5.32 Å². The van der Waals surface area contributed by atoms with Gasteiger partial charge in [0.15, 0.2) is 11.9 Å². The monoisotopic (exact) mass is 293 g/mol. The number of ether oxygens (including phenoxy) is 1. The van der Waals surface area contributed by atoms with Gasteiger partial charge in [-0.2, -0.15) is 0 Å². The van der Waals surface area contributed by atoms with E-state index in [-0.39, 0.29) is 29.0 Å². The smallest absolute Gasteiger partial charge is 0.260 e. The Kier molecular flexibility index (Phi) is 4.94.